The maximum atomic E-state index is 12.9. The fourth-order valence-electron chi connectivity index (χ4n) is 7.69. The van der Waals surface area contributed by atoms with Gasteiger partial charge in [0.05, 0.1) is 39.9 Å². The highest BCUT2D eigenvalue weighted by molar-refractivity contribution is 7.47. The van der Waals surface area contributed by atoms with E-state index in [4.69, 9.17) is 9.05 Å². The third-order valence-corrected chi connectivity index (χ3v) is 12.7. The molecule has 0 radical (unpaired) electrons. The molecule has 3 N–H and O–H groups in total. The lowest BCUT2D eigenvalue weighted by atomic mass is 10.0. The summed E-state index contributed by atoms with van der Waals surface area (Å²) in [5.41, 5.74) is 0. The molecular formula is C50H102N2O6P+. The number of nitrogens with one attached hydrogen (secondary N) is 1. The molecule has 3 atom stereocenters. The molecule has 0 rings (SSSR count). The van der Waals surface area contributed by atoms with Crippen molar-refractivity contribution in [2.75, 3.05) is 40.9 Å². The lowest BCUT2D eigenvalue weighted by Crippen LogP contribution is -2.45. The van der Waals surface area contributed by atoms with Gasteiger partial charge in [-0.05, 0) is 19.3 Å². The number of phosphoric ester groups is 1. The van der Waals surface area contributed by atoms with Crippen molar-refractivity contribution in [3.63, 3.8) is 0 Å². The lowest BCUT2D eigenvalue weighted by Gasteiger charge is -2.25. The average Bonchev–Trinajstić information content (AvgIpc) is 3.19. The van der Waals surface area contributed by atoms with Crippen LogP contribution in [0.1, 0.15) is 251 Å². The summed E-state index contributed by atoms with van der Waals surface area (Å²) in [6.45, 7) is 4.84. The molecule has 0 heterocycles. The van der Waals surface area contributed by atoms with E-state index in [9.17, 15) is 19.4 Å². The van der Waals surface area contributed by atoms with Gasteiger partial charge in [-0.2, -0.15) is 0 Å². The molecule has 59 heavy (non-hydrogen) atoms. The molecule has 0 aliphatic carbocycles. The van der Waals surface area contributed by atoms with Crippen LogP contribution in [0, 0.1) is 0 Å². The molecule has 0 bridgehead atoms. The Labute approximate surface area is 367 Å². The molecule has 8 nitrogen and oxygen atoms in total. The van der Waals surface area contributed by atoms with Crippen LogP contribution in [0.4, 0.5) is 0 Å². The summed E-state index contributed by atoms with van der Waals surface area (Å²) in [4.78, 5) is 23.2. The van der Waals surface area contributed by atoms with E-state index in [0.717, 1.165) is 38.5 Å². The van der Waals surface area contributed by atoms with Gasteiger partial charge in [0.15, 0.2) is 0 Å². The maximum Gasteiger partial charge on any atom is 0.472 e. The first-order chi connectivity index (χ1) is 28.5. The standard InChI is InChI=1S/C50H101N2O6P/c1-6-8-10-12-14-16-18-20-21-22-23-24-25-26-27-28-29-30-32-34-36-38-40-42-44-50(54)51-48(47-58-59(55,56)57-46-45-52(3,4)5)49(53)43-41-39-37-35-33-31-19-17-15-13-11-9-7-2/h41,43,48-49,53H,6-40,42,44-47H2,1-5H3,(H-,51,54,55,56)/p+1/b43-41+. The molecule has 0 aliphatic heterocycles. The first-order valence-electron chi connectivity index (χ1n) is 25.6. The number of phosphoric acid groups is 1. The zero-order valence-electron chi connectivity index (χ0n) is 40.0. The summed E-state index contributed by atoms with van der Waals surface area (Å²) in [7, 11) is 1.58. The minimum atomic E-state index is -4.33. The quantitative estimate of drug-likeness (QED) is 0.0244. The number of nitrogens with zero attached hydrogens (tertiary/aromatic N) is 1. The normalized spacial score (nSPS) is 14.2. The summed E-state index contributed by atoms with van der Waals surface area (Å²) in [5.74, 6) is -0.172. The number of allylic oxidation sites excluding steroid dienone is 1. The van der Waals surface area contributed by atoms with Crippen LogP contribution in [0.5, 0.6) is 0 Å². The predicted octanol–water partition coefficient (Wildman–Crippen LogP) is 14.7. The van der Waals surface area contributed by atoms with Gasteiger partial charge < -0.3 is 19.8 Å². The highest BCUT2D eigenvalue weighted by Gasteiger charge is 2.27. The van der Waals surface area contributed by atoms with Crippen LogP contribution in [0.3, 0.4) is 0 Å². The van der Waals surface area contributed by atoms with Crippen molar-refractivity contribution >= 4 is 13.7 Å². The average molecular weight is 858 g/mol. The van der Waals surface area contributed by atoms with Crippen molar-refractivity contribution in [1.29, 1.82) is 0 Å². The van der Waals surface area contributed by atoms with Crippen LogP contribution in [0.25, 0.3) is 0 Å². The van der Waals surface area contributed by atoms with Gasteiger partial charge in [-0.15, -0.1) is 0 Å². The first-order valence-corrected chi connectivity index (χ1v) is 27.1. The fourth-order valence-corrected chi connectivity index (χ4v) is 8.43. The van der Waals surface area contributed by atoms with Crippen molar-refractivity contribution in [2.45, 2.75) is 264 Å². The Morgan fingerprint density at radius 1 is 0.559 bits per heavy atom. The van der Waals surface area contributed by atoms with Gasteiger partial charge in [-0.25, -0.2) is 4.57 Å². The molecule has 3 unspecified atom stereocenters. The SMILES string of the molecule is CCCCCCCCCCCCC/C=C/C(O)C(COP(=O)(O)OCC[N+](C)(C)C)NC(=O)CCCCCCCCCCCCCCCCCCCCCCCCCC. The zero-order valence-corrected chi connectivity index (χ0v) is 40.9. The molecule has 0 aromatic carbocycles. The Bertz CT molecular complexity index is 974. The second-order valence-electron chi connectivity index (χ2n) is 18.9. The maximum absolute atomic E-state index is 12.9. The van der Waals surface area contributed by atoms with Crippen LogP contribution in [-0.4, -0.2) is 73.4 Å². The van der Waals surface area contributed by atoms with Crippen LogP contribution < -0.4 is 5.32 Å². The van der Waals surface area contributed by atoms with E-state index >= 15 is 0 Å². The van der Waals surface area contributed by atoms with E-state index in [-0.39, 0.29) is 19.1 Å². The van der Waals surface area contributed by atoms with Gasteiger partial charge in [0, 0.05) is 6.42 Å². The van der Waals surface area contributed by atoms with Gasteiger partial charge in [0.25, 0.3) is 0 Å². The van der Waals surface area contributed by atoms with E-state index < -0.39 is 20.0 Å². The van der Waals surface area contributed by atoms with Crippen molar-refractivity contribution in [1.82, 2.24) is 5.32 Å². The van der Waals surface area contributed by atoms with Crippen LogP contribution in [0.15, 0.2) is 12.2 Å². The summed E-state index contributed by atoms with van der Waals surface area (Å²) >= 11 is 0. The summed E-state index contributed by atoms with van der Waals surface area (Å²) < 4.78 is 23.6. The molecule has 0 saturated carbocycles. The van der Waals surface area contributed by atoms with Crippen LogP contribution >= 0.6 is 7.82 Å². The number of hydrogen-bond donors (Lipinski definition) is 3. The Morgan fingerprint density at radius 3 is 1.25 bits per heavy atom. The largest absolute Gasteiger partial charge is 0.472 e. The number of quaternary nitrogens is 1. The number of hydrogen-bond acceptors (Lipinski definition) is 5. The van der Waals surface area contributed by atoms with Crippen LogP contribution in [-0.2, 0) is 18.4 Å². The topological polar surface area (TPSA) is 105 Å². The lowest BCUT2D eigenvalue weighted by molar-refractivity contribution is -0.870. The molecular weight excluding hydrogens is 756 g/mol. The van der Waals surface area contributed by atoms with Crippen molar-refractivity contribution in [3.05, 3.63) is 12.2 Å². The Hall–Kier alpha value is -0.760. The summed E-state index contributed by atoms with van der Waals surface area (Å²) in [6, 6.07) is -0.840. The Morgan fingerprint density at radius 2 is 0.898 bits per heavy atom. The van der Waals surface area contributed by atoms with Crippen molar-refractivity contribution in [3.8, 4) is 0 Å². The minimum Gasteiger partial charge on any atom is -0.387 e. The van der Waals surface area contributed by atoms with Gasteiger partial charge in [-0.1, -0.05) is 238 Å². The van der Waals surface area contributed by atoms with Gasteiger partial charge >= 0.3 is 7.82 Å². The first kappa shape index (κ1) is 58.2. The second-order valence-corrected chi connectivity index (χ2v) is 20.4. The second kappa shape index (κ2) is 42.5. The Kier molecular flexibility index (Phi) is 42.0. The van der Waals surface area contributed by atoms with Gasteiger partial charge in [0.1, 0.15) is 13.2 Å². The molecule has 0 fully saturated rings. The Balaban J connectivity index is 4.17. The van der Waals surface area contributed by atoms with E-state index in [1.807, 2.05) is 27.2 Å². The molecule has 1 amide bonds. The van der Waals surface area contributed by atoms with Gasteiger partial charge in [0.2, 0.25) is 5.91 Å². The molecule has 0 aromatic rings. The van der Waals surface area contributed by atoms with E-state index in [0.29, 0.717) is 17.4 Å². The number of amides is 1. The highest BCUT2D eigenvalue weighted by Crippen LogP contribution is 2.43. The van der Waals surface area contributed by atoms with E-state index in [1.165, 1.54) is 193 Å². The number of rotatable bonds is 47. The van der Waals surface area contributed by atoms with Crippen molar-refractivity contribution < 1.29 is 32.9 Å². The number of aliphatic hydroxyl groups excluding tert-OH is 1. The smallest absolute Gasteiger partial charge is 0.387 e. The number of carbonyl (C=O) groups excluding carboxylic acids is 1. The molecule has 0 aromatic heterocycles. The molecule has 352 valence electrons. The monoisotopic (exact) mass is 858 g/mol. The molecule has 0 spiro atoms. The minimum absolute atomic E-state index is 0.0648. The summed E-state index contributed by atoms with van der Waals surface area (Å²) in [6.07, 6.45) is 50.1. The van der Waals surface area contributed by atoms with E-state index in [1.54, 1.807) is 6.08 Å². The number of likely N-dealkylation sites (N-methyl/N-ethyl adjacent to an activating group) is 1. The third kappa shape index (κ3) is 45.1. The third-order valence-electron chi connectivity index (χ3n) is 11.8. The highest BCUT2D eigenvalue weighted by atomic mass is 31.2. The molecule has 9 heteroatoms. The summed E-state index contributed by atoms with van der Waals surface area (Å²) in [5, 5.41) is 13.9. The number of aliphatic hydroxyl groups is 1. The molecule has 0 saturated heterocycles. The van der Waals surface area contributed by atoms with E-state index in [2.05, 4.69) is 19.2 Å². The predicted molar refractivity (Wildman–Crippen MR) is 254 cm³/mol. The molecule has 0 aliphatic rings. The van der Waals surface area contributed by atoms with Crippen LogP contribution in [0.2, 0.25) is 0 Å². The zero-order chi connectivity index (χ0) is 43.6. The van der Waals surface area contributed by atoms with Crippen molar-refractivity contribution in [2.24, 2.45) is 0 Å². The van der Waals surface area contributed by atoms with Gasteiger partial charge in [-0.3, -0.25) is 13.8 Å². The fraction of sp³-hybridized carbons (Fsp3) is 0.940. The number of carbonyl (C=O) groups is 1. The number of unbranched alkanes of at least 4 members (excludes halogenated alkanes) is 34.